The lowest BCUT2D eigenvalue weighted by Gasteiger charge is -2.40. The molecule has 0 radical (unpaired) electrons. The maximum absolute atomic E-state index is 6.23. The monoisotopic (exact) mass is 228 g/mol. The van der Waals surface area contributed by atoms with Crippen LogP contribution in [0.5, 0.6) is 5.75 Å². The van der Waals surface area contributed by atoms with Crippen molar-refractivity contribution in [1.82, 2.24) is 5.32 Å². The molecule has 0 atom stereocenters. The van der Waals surface area contributed by atoms with Gasteiger partial charge >= 0.3 is 0 Å². The minimum atomic E-state index is -0.196. The van der Waals surface area contributed by atoms with Crippen molar-refractivity contribution in [2.45, 2.75) is 12.5 Å². The van der Waals surface area contributed by atoms with Crippen LogP contribution in [-0.4, -0.2) is 20.2 Å². The SMILES string of the molecule is COc1cccc(C2(N)CNC2)c1C.Cl. The molecule has 2 rings (SSSR count). The van der Waals surface area contributed by atoms with Crippen molar-refractivity contribution in [2.24, 2.45) is 5.73 Å². The average Bonchev–Trinajstić information content (AvgIpc) is 2.15. The zero-order chi connectivity index (χ0) is 10.2. The van der Waals surface area contributed by atoms with Gasteiger partial charge in [0, 0.05) is 13.1 Å². The third-order valence-corrected chi connectivity index (χ3v) is 2.92. The van der Waals surface area contributed by atoms with E-state index in [-0.39, 0.29) is 17.9 Å². The lowest BCUT2D eigenvalue weighted by Crippen LogP contribution is -2.63. The van der Waals surface area contributed by atoms with Crippen molar-refractivity contribution >= 4 is 12.4 Å². The number of ether oxygens (including phenoxy) is 1. The van der Waals surface area contributed by atoms with Crippen LogP contribution in [0.25, 0.3) is 0 Å². The highest BCUT2D eigenvalue weighted by Crippen LogP contribution is 2.30. The van der Waals surface area contributed by atoms with Gasteiger partial charge in [0.1, 0.15) is 5.75 Å². The molecular weight excluding hydrogens is 212 g/mol. The molecule has 1 saturated heterocycles. The molecule has 1 aromatic carbocycles. The van der Waals surface area contributed by atoms with Crippen molar-refractivity contribution < 1.29 is 4.74 Å². The van der Waals surface area contributed by atoms with Gasteiger partial charge in [0.2, 0.25) is 0 Å². The van der Waals surface area contributed by atoms with E-state index >= 15 is 0 Å². The summed E-state index contributed by atoms with van der Waals surface area (Å²) >= 11 is 0. The Labute approximate surface area is 96.4 Å². The van der Waals surface area contributed by atoms with E-state index in [0.29, 0.717) is 0 Å². The first kappa shape index (κ1) is 12.3. The maximum atomic E-state index is 6.23. The van der Waals surface area contributed by atoms with Crippen LogP contribution >= 0.6 is 12.4 Å². The molecule has 0 aromatic heterocycles. The Hall–Kier alpha value is -0.770. The normalized spacial score (nSPS) is 17.5. The second kappa shape index (κ2) is 4.39. The second-order valence-electron chi connectivity index (χ2n) is 3.89. The quantitative estimate of drug-likeness (QED) is 0.799. The number of hydrogen-bond acceptors (Lipinski definition) is 3. The van der Waals surface area contributed by atoms with Crippen LogP contribution in [0.4, 0.5) is 0 Å². The van der Waals surface area contributed by atoms with Gasteiger partial charge in [-0.1, -0.05) is 12.1 Å². The van der Waals surface area contributed by atoms with Crippen molar-refractivity contribution in [3.8, 4) is 5.75 Å². The van der Waals surface area contributed by atoms with Gasteiger partial charge in [0.15, 0.2) is 0 Å². The third kappa shape index (κ3) is 1.95. The summed E-state index contributed by atoms with van der Waals surface area (Å²) in [5.41, 5.74) is 8.38. The maximum Gasteiger partial charge on any atom is 0.122 e. The molecule has 1 fully saturated rings. The largest absolute Gasteiger partial charge is 0.496 e. The predicted molar refractivity (Wildman–Crippen MR) is 63.7 cm³/mol. The summed E-state index contributed by atoms with van der Waals surface area (Å²) in [5, 5.41) is 3.20. The molecule has 3 nitrogen and oxygen atoms in total. The number of nitrogens with one attached hydrogen (secondary N) is 1. The molecule has 1 heterocycles. The van der Waals surface area contributed by atoms with E-state index in [1.807, 2.05) is 12.1 Å². The van der Waals surface area contributed by atoms with E-state index < -0.39 is 0 Å². The van der Waals surface area contributed by atoms with E-state index in [1.165, 1.54) is 5.56 Å². The van der Waals surface area contributed by atoms with E-state index in [9.17, 15) is 0 Å². The fraction of sp³-hybridized carbons (Fsp3) is 0.455. The first-order valence-electron chi connectivity index (χ1n) is 4.81. The lowest BCUT2D eigenvalue weighted by atomic mass is 9.82. The smallest absolute Gasteiger partial charge is 0.122 e. The van der Waals surface area contributed by atoms with Gasteiger partial charge < -0.3 is 15.8 Å². The summed E-state index contributed by atoms with van der Waals surface area (Å²) in [7, 11) is 1.69. The Morgan fingerprint density at radius 1 is 1.40 bits per heavy atom. The summed E-state index contributed by atoms with van der Waals surface area (Å²) in [6.07, 6.45) is 0. The summed E-state index contributed by atoms with van der Waals surface area (Å²) < 4.78 is 5.27. The standard InChI is InChI=1S/C11H16N2O.ClH/c1-8-9(11(12)6-13-7-11)4-3-5-10(8)14-2;/h3-5,13H,6-7,12H2,1-2H3;1H. The summed E-state index contributed by atoms with van der Waals surface area (Å²) in [6.45, 7) is 3.75. The number of halogens is 1. The first-order valence-corrected chi connectivity index (χ1v) is 4.81. The van der Waals surface area contributed by atoms with Crippen molar-refractivity contribution in [3.05, 3.63) is 29.3 Å². The molecule has 0 unspecified atom stereocenters. The van der Waals surface area contributed by atoms with Gasteiger partial charge in [-0.15, -0.1) is 12.4 Å². The first-order chi connectivity index (χ1) is 6.67. The van der Waals surface area contributed by atoms with E-state index in [4.69, 9.17) is 10.5 Å². The summed E-state index contributed by atoms with van der Waals surface area (Å²) in [5.74, 6) is 0.916. The van der Waals surface area contributed by atoms with Crippen LogP contribution in [0.2, 0.25) is 0 Å². The lowest BCUT2D eigenvalue weighted by molar-refractivity contribution is 0.284. The number of nitrogens with two attached hydrogens (primary N) is 1. The molecule has 1 aromatic rings. The zero-order valence-corrected chi connectivity index (χ0v) is 9.86. The van der Waals surface area contributed by atoms with Gasteiger partial charge in [0.05, 0.1) is 12.6 Å². The minimum absolute atomic E-state index is 0. The van der Waals surface area contributed by atoms with E-state index in [2.05, 4.69) is 18.3 Å². The van der Waals surface area contributed by atoms with Crippen LogP contribution in [0, 0.1) is 6.92 Å². The second-order valence-corrected chi connectivity index (χ2v) is 3.89. The summed E-state index contributed by atoms with van der Waals surface area (Å²) in [6, 6.07) is 6.04. The van der Waals surface area contributed by atoms with E-state index in [0.717, 1.165) is 24.4 Å². The Morgan fingerprint density at radius 2 is 2.07 bits per heavy atom. The zero-order valence-electron chi connectivity index (χ0n) is 9.04. The fourth-order valence-electron chi connectivity index (χ4n) is 1.96. The molecular formula is C11H17ClN2O. The summed E-state index contributed by atoms with van der Waals surface area (Å²) in [4.78, 5) is 0. The van der Waals surface area contributed by atoms with Crippen molar-refractivity contribution in [2.75, 3.05) is 20.2 Å². The molecule has 0 saturated carbocycles. The van der Waals surface area contributed by atoms with Crippen LogP contribution in [0.15, 0.2) is 18.2 Å². The molecule has 0 bridgehead atoms. The third-order valence-electron chi connectivity index (χ3n) is 2.92. The van der Waals surface area contributed by atoms with Crippen molar-refractivity contribution in [3.63, 3.8) is 0 Å². The van der Waals surface area contributed by atoms with Gasteiger partial charge in [-0.3, -0.25) is 0 Å². The van der Waals surface area contributed by atoms with Gasteiger partial charge in [-0.25, -0.2) is 0 Å². The van der Waals surface area contributed by atoms with Crippen molar-refractivity contribution in [1.29, 1.82) is 0 Å². The molecule has 3 N–H and O–H groups in total. The highest BCUT2D eigenvalue weighted by molar-refractivity contribution is 5.85. The molecule has 4 heteroatoms. The number of hydrogen-bond donors (Lipinski definition) is 2. The van der Waals surface area contributed by atoms with Crippen LogP contribution in [0.3, 0.4) is 0 Å². The molecule has 0 spiro atoms. The topological polar surface area (TPSA) is 47.3 Å². The molecule has 1 aliphatic rings. The Kier molecular flexibility index (Phi) is 3.60. The molecule has 84 valence electrons. The van der Waals surface area contributed by atoms with Crippen LogP contribution < -0.4 is 15.8 Å². The molecule has 0 aliphatic carbocycles. The number of benzene rings is 1. The van der Waals surface area contributed by atoms with Gasteiger partial charge in [-0.2, -0.15) is 0 Å². The minimum Gasteiger partial charge on any atom is -0.496 e. The Bertz CT molecular complexity index is 350. The van der Waals surface area contributed by atoms with E-state index in [1.54, 1.807) is 7.11 Å². The molecule has 0 amide bonds. The highest BCUT2D eigenvalue weighted by atomic mass is 35.5. The Morgan fingerprint density at radius 3 is 2.53 bits per heavy atom. The van der Waals surface area contributed by atoms with Crippen LogP contribution in [0.1, 0.15) is 11.1 Å². The number of methoxy groups -OCH3 is 1. The molecule has 1 aliphatic heterocycles. The average molecular weight is 229 g/mol. The molecule has 15 heavy (non-hydrogen) atoms. The van der Waals surface area contributed by atoms with Gasteiger partial charge in [0.25, 0.3) is 0 Å². The van der Waals surface area contributed by atoms with Crippen LogP contribution in [-0.2, 0) is 5.54 Å². The predicted octanol–water partition coefficient (Wildman–Crippen LogP) is 1.18. The Balaban J connectivity index is 0.00000112. The highest BCUT2D eigenvalue weighted by Gasteiger charge is 2.35. The fourth-order valence-corrected chi connectivity index (χ4v) is 1.96. The van der Waals surface area contributed by atoms with Gasteiger partial charge in [-0.05, 0) is 24.1 Å². The number of rotatable bonds is 2.